The number of nitrogens with one attached hydrogen (secondary N) is 2. The van der Waals surface area contributed by atoms with Gasteiger partial charge < -0.3 is 15.7 Å². The van der Waals surface area contributed by atoms with Crippen molar-refractivity contribution in [3.8, 4) is 0 Å². The number of carbonyl (C=O) groups excluding carboxylic acids is 2. The highest BCUT2D eigenvalue weighted by molar-refractivity contribution is 6.35. The Morgan fingerprint density at radius 3 is 2.35 bits per heavy atom. The van der Waals surface area contributed by atoms with Gasteiger partial charge in [-0.2, -0.15) is 0 Å². The molecule has 0 radical (unpaired) electrons. The summed E-state index contributed by atoms with van der Waals surface area (Å²) in [6, 6.07) is 7.82. The fraction of sp³-hybridized carbons (Fsp3) is 0.471. The zero-order chi connectivity index (χ0) is 17.1. The Bertz CT molecular complexity index is 517. The molecule has 0 heterocycles. The average molecular weight is 320 g/mol. The molecule has 23 heavy (non-hydrogen) atoms. The minimum absolute atomic E-state index is 0.131. The summed E-state index contributed by atoms with van der Waals surface area (Å²) in [5.74, 6) is -2.87. The third-order valence-electron chi connectivity index (χ3n) is 3.41. The maximum absolute atomic E-state index is 11.8. The molecule has 1 aromatic carbocycles. The van der Waals surface area contributed by atoms with Crippen molar-refractivity contribution in [2.24, 2.45) is 0 Å². The van der Waals surface area contributed by atoms with Crippen LogP contribution in [0.1, 0.15) is 38.2 Å². The van der Waals surface area contributed by atoms with Crippen molar-refractivity contribution >= 4 is 17.8 Å². The summed E-state index contributed by atoms with van der Waals surface area (Å²) in [4.78, 5) is 34.7. The molecule has 3 N–H and O–H groups in total. The highest BCUT2D eigenvalue weighted by Crippen LogP contribution is 2.03. The van der Waals surface area contributed by atoms with Gasteiger partial charge in [-0.15, -0.1) is 0 Å². The summed E-state index contributed by atoms with van der Waals surface area (Å²) in [7, 11) is 0. The second-order valence-corrected chi connectivity index (χ2v) is 5.37. The fourth-order valence-electron chi connectivity index (χ4n) is 2.11. The van der Waals surface area contributed by atoms with Gasteiger partial charge in [-0.25, -0.2) is 4.79 Å². The van der Waals surface area contributed by atoms with E-state index in [-0.39, 0.29) is 6.42 Å². The minimum atomic E-state index is -1.17. The van der Waals surface area contributed by atoms with Crippen LogP contribution in [-0.2, 0) is 20.8 Å². The Kier molecular flexibility index (Phi) is 8.42. The summed E-state index contributed by atoms with van der Waals surface area (Å²) in [6.07, 6.45) is 4.10. The lowest BCUT2D eigenvalue weighted by Crippen LogP contribution is -2.48. The molecule has 6 nitrogen and oxygen atoms in total. The molecule has 0 bridgehead atoms. The van der Waals surface area contributed by atoms with Crippen molar-refractivity contribution in [2.45, 2.75) is 45.1 Å². The van der Waals surface area contributed by atoms with Crippen molar-refractivity contribution in [1.82, 2.24) is 10.6 Å². The van der Waals surface area contributed by atoms with Gasteiger partial charge in [0.05, 0.1) is 0 Å². The Morgan fingerprint density at radius 2 is 1.74 bits per heavy atom. The Morgan fingerprint density at radius 1 is 1.04 bits per heavy atom. The monoisotopic (exact) mass is 320 g/mol. The van der Waals surface area contributed by atoms with E-state index in [2.05, 4.69) is 17.6 Å². The lowest BCUT2D eigenvalue weighted by atomic mass is 10.1. The third-order valence-corrected chi connectivity index (χ3v) is 3.41. The standard InChI is InChI=1S/C17H24N2O4/c1-2-3-4-8-11-18-15(20)16(21)19-14(17(22)23)12-13-9-6-5-7-10-13/h5-7,9-10,14H,2-4,8,11-12H2,1H3,(H,18,20)(H,19,21)(H,22,23)/t14-/m0/s1. The summed E-state index contributed by atoms with van der Waals surface area (Å²) in [5, 5.41) is 14.0. The number of rotatable bonds is 9. The summed E-state index contributed by atoms with van der Waals surface area (Å²) < 4.78 is 0. The number of hydrogen-bond donors (Lipinski definition) is 3. The molecule has 0 saturated carbocycles. The van der Waals surface area contributed by atoms with Crippen LogP contribution in [0.2, 0.25) is 0 Å². The molecule has 1 aromatic rings. The van der Waals surface area contributed by atoms with E-state index in [9.17, 15) is 19.5 Å². The number of aliphatic carboxylic acids is 1. The summed E-state index contributed by atoms with van der Waals surface area (Å²) >= 11 is 0. The number of amides is 2. The van der Waals surface area contributed by atoms with Crippen LogP contribution in [0.4, 0.5) is 0 Å². The van der Waals surface area contributed by atoms with Gasteiger partial charge in [0.1, 0.15) is 6.04 Å². The predicted molar refractivity (Wildman–Crippen MR) is 86.9 cm³/mol. The van der Waals surface area contributed by atoms with Crippen LogP contribution in [0.5, 0.6) is 0 Å². The van der Waals surface area contributed by atoms with E-state index in [1.807, 2.05) is 6.07 Å². The molecule has 0 aliphatic heterocycles. The molecule has 0 spiro atoms. The van der Waals surface area contributed by atoms with Crippen LogP contribution in [0.15, 0.2) is 30.3 Å². The van der Waals surface area contributed by atoms with Gasteiger partial charge in [0.2, 0.25) is 0 Å². The molecule has 0 saturated heterocycles. The van der Waals surface area contributed by atoms with Gasteiger partial charge in [-0.1, -0.05) is 56.5 Å². The number of benzene rings is 1. The summed E-state index contributed by atoms with van der Waals surface area (Å²) in [5.41, 5.74) is 0.778. The third kappa shape index (κ3) is 7.44. The van der Waals surface area contributed by atoms with Gasteiger partial charge in [-0.05, 0) is 12.0 Å². The fourth-order valence-corrected chi connectivity index (χ4v) is 2.11. The van der Waals surface area contributed by atoms with Gasteiger partial charge in [0.25, 0.3) is 0 Å². The van der Waals surface area contributed by atoms with Crippen molar-refractivity contribution < 1.29 is 19.5 Å². The van der Waals surface area contributed by atoms with E-state index >= 15 is 0 Å². The lowest BCUT2D eigenvalue weighted by Gasteiger charge is -2.14. The quantitative estimate of drug-likeness (QED) is 0.474. The predicted octanol–water partition coefficient (Wildman–Crippen LogP) is 1.49. The number of carboxylic acids is 1. The first-order chi connectivity index (χ1) is 11.0. The Hall–Kier alpha value is -2.37. The van der Waals surface area contributed by atoms with Gasteiger partial charge in [-0.3, -0.25) is 9.59 Å². The minimum Gasteiger partial charge on any atom is -0.480 e. The smallest absolute Gasteiger partial charge is 0.326 e. The van der Waals surface area contributed by atoms with Gasteiger partial charge >= 0.3 is 17.8 Å². The van der Waals surface area contributed by atoms with Crippen molar-refractivity contribution in [2.75, 3.05) is 6.54 Å². The van der Waals surface area contributed by atoms with E-state index in [1.54, 1.807) is 24.3 Å². The van der Waals surface area contributed by atoms with Crippen molar-refractivity contribution in [3.63, 3.8) is 0 Å². The number of carboxylic acid groups (broad SMARTS) is 1. The second-order valence-electron chi connectivity index (χ2n) is 5.37. The molecule has 126 valence electrons. The number of hydrogen-bond acceptors (Lipinski definition) is 3. The van der Waals surface area contributed by atoms with Gasteiger partial charge in [0.15, 0.2) is 0 Å². The number of unbranched alkanes of at least 4 members (excludes halogenated alkanes) is 3. The molecule has 0 unspecified atom stereocenters. The highest BCUT2D eigenvalue weighted by Gasteiger charge is 2.23. The molecule has 1 rings (SSSR count). The van der Waals surface area contributed by atoms with E-state index in [1.165, 1.54) is 0 Å². The molecule has 0 aliphatic carbocycles. The Balaban J connectivity index is 2.44. The molecule has 2 amide bonds. The van der Waals surface area contributed by atoms with Crippen LogP contribution in [0.25, 0.3) is 0 Å². The van der Waals surface area contributed by atoms with Crippen LogP contribution < -0.4 is 10.6 Å². The zero-order valence-corrected chi connectivity index (χ0v) is 13.4. The molecular formula is C17H24N2O4. The zero-order valence-electron chi connectivity index (χ0n) is 13.4. The molecule has 6 heteroatoms. The summed E-state index contributed by atoms with van der Waals surface area (Å²) in [6.45, 7) is 2.51. The maximum Gasteiger partial charge on any atom is 0.326 e. The van der Waals surface area contributed by atoms with E-state index in [0.717, 1.165) is 31.2 Å². The highest BCUT2D eigenvalue weighted by atomic mass is 16.4. The molecule has 1 atom stereocenters. The topological polar surface area (TPSA) is 95.5 Å². The van der Waals surface area contributed by atoms with Gasteiger partial charge in [0, 0.05) is 13.0 Å². The maximum atomic E-state index is 11.8. The Labute approximate surface area is 136 Å². The molecular weight excluding hydrogens is 296 g/mol. The average Bonchev–Trinajstić information content (AvgIpc) is 2.54. The first kappa shape index (κ1) is 18.7. The number of carbonyl (C=O) groups is 3. The molecule has 0 fully saturated rings. The van der Waals surface area contributed by atoms with E-state index in [0.29, 0.717) is 6.54 Å². The van der Waals surface area contributed by atoms with E-state index < -0.39 is 23.8 Å². The SMILES string of the molecule is CCCCCCNC(=O)C(=O)N[C@@H](Cc1ccccc1)C(=O)O. The van der Waals surface area contributed by atoms with E-state index in [4.69, 9.17) is 0 Å². The van der Waals surface area contributed by atoms with Crippen LogP contribution >= 0.6 is 0 Å². The normalized spacial score (nSPS) is 11.5. The molecule has 0 aromatic heterocycles. The largest absolute Gasteiger partial charge is 0.480 e. The van der Waals surface area contributed by atoms with Crippen molar-refractivity contribution in [3.05, 3.63) is 35.9 Å². The second kappa shape index (κ2) is 10.4. The molecule has 0 aliphatic rings. The van der Waals surface area contributed by atoms with Crippen LogP contribution in [-0.4, -0.2) is 35.5 Å². The first-order valence-electron chi connectivity index (χ1n) is 7.90. The van der Waals surface area contributed by atoms with Crippen molar-refractivity contribution in [1.29, 1.82) is 0 Å². The lowest BCUT2D eigenvalue weighted by molar-refractivity contribution is -0.144. The first-order valence-corrected chi connectivity index (χ1v) is 7.90. The van der Waals surface area contributed by atoms with Crippen LogP contribution in [0.3, 0.4) is 0 Å². The van der Waals surface area contributed by atoms with Crippen LogP contribution in [0, 0.1) is 0 Å².